The van der Waals surface area contributed by atoms with Crippen LogP contribution in [0.5, 0.6) is 0 Å². The quantitative estimate of drug-likeness (QED) is 0.513. The molecule has 0 aliphatic heterocycles. The zero-order valence-corrected chi connectivity index (χ0v) is 15.6. The van der Waals surface area contributed by atoms with Gasteiger partial charge in [0.1, 0.15) is 4.83 Å². The van der Waals surface area contributed by atoms with Crippen LogP contribution in [0.3, 0.4) is 0 Å². The van der Waals surface area contributed by atoms with Crippen LogP contribution < -0.4 is 0 Å². The van der Waals surface area contributed by atoms with Gasteiger partial charge in [-0.05, 0) is 24.3 Å². The molecule has 0 bridgehead atoms. The molecule has 0 unspecified atom stereocenters. The summed E-state index contributed by atoms with van der Waals surface area (Å²) in [6.07, 6.45) is 2.51. The summed E-state index contributed by atoms with van der Waals surface area (Å²) in [5, 5.41) is 26.7. The first kappa shape index (κ1) is 17.6. The Kier molecular flexibility index (Phi) is 3.62. The highest BCUT2D eigenvalue weighted by Crippen LogP contribution is 2.51. The third kappa shape index (κ3) is 2.78. The highest BCUT2D eigenvalue weighted by Gasteiger charge is 2.55. The summed E-state index contributed by atoms with van der Waals surface area (Å²) in [4.78, 5) is 9.78. The van der Waals surface area contributed by atoms with Gasteiger partial charge in [-0.2, -0.15) is 5.10 Å². The smallest absolute Gasteiger partial charge is 0.249 e. The molecule has 28 heavy (non-hydrogen) atoms. The van der Waals surface area contributed by atoms with Crippen molar-refractivity contribution in [1.82, 2.24) is 19.7 Å². The first-order chi connectivity index (χ1) is 13.2. The van der Waals surface area contributed by atoms with Crippen molar-refractivity contribution < 1.29 is 19.0 Å². The molecule has 5 rings (SSSR count). The standard InChI is InChI=1S/C19H16F2N4O2S/c1-25-9-12-4-11(8-22-16(12)24-25)14-3-2-10-5-15(28-17(10)23-14)19(26,27)13-6-18(20,21)7-13/h2-5,8-9,13,26-27H,6-7H2,1H3. The van der Waals surface area contributed by atoms with Gasteiger partial charge in [0, 0.05) is 54.5 Å². The number of halogens is 2. The SMILES string of the molecule is Cn1cc2cc(-c3ccc4cc(C(O)(O)C5CC(F)(F)C5)sc4n3)cnc2n1. The fourth-order valence-electron chi connectivity index (χ4n) is 3.58. The number of rotatable bonds is 3. The van der Waals surface area contributed by atoms with Gasteiger partial charge in [0.15, 0.2) is 5.65 Å². The molecule has 4 heterocycles. The van der Waals surface area contributed by atoms with Crippen molar-refractivity contribution in [2.75, 3.05) is 0 Å². The van der Waals surface area contributed by atoms with Gasteiger partial charge < -0.3 is 10.2 Å². The topological polar surface area (TPSA) is 84.1 Å². The normalized spacial score (nSPS) is 17.3. The lowest BCUT2D eigenvalue weighted by atomic mass is 9.75. The number of pyridine rings is 2. The highest BCUT2D eigenvalue weighted by atomic mass is 32.1. The van der Waals surface area contributed by atoms with E-state index in [2.05, 4.69) is 15.1 Å². The Morgan fingerprint density at radius 1 is 1.21 bits per heavy atom. The van der Waals surface area contributed by atoms with E-state index in [0.717, 1.165) is 27.7 Å². The summed E-state index contributed by atoms with van der Waals surface area (Å²) >= 11 is 1.11. The second kappa shape index (κ2) is 5.76. The second-order valence-electron chi connectivity index (χ2n) is 7.33. The van der Waals surface area contributed by atoms with E-state index in [9.17, 15) is 19.0 Å². The Morgan fingerprint density at radius 3 is 2.75 bits per heavy atom. The Hall–Kier alpha value is -2.49. The van der Waals surface area contributed by atoms with E-state index in [1.165, 1.54) is 0 Å². The minimum Gasteiger partial charge on any atom is -0.361 e. The molecular formula is C19H16F2N4O2S. The minimum absolute atomic E-state index is 0.230. The molecule has 6 nitrogen and oxygen atoms in total. The Balaban J connectivity index is 1.51. The molecule has 1 fully saturated rings. The van der Waals surface area contributed by atoms with Gasteiger partial charge in [0.05, 0.1) is 10.6 Å². The van der Waals surface area contributed by atoms with Crippen molar-refractivity contribution in [3.63, 3.8) is 0 Å². The molecular weight excluding hydrogens is 386 g/mol. The van der Waals surface area contributed by atoms with Crippen LogP contribution in [-0.4, -0.2) is 35.9 Å². The van der Waals surface area contributed by atoms with E-state index < -0.39 is 30.5 Å². The molecule has 4 aromatic rings. The van der Waals surface area contributed by atoms with Gasteiger partial charge in [0.25, 0.3) is 0 Å². The van der Waals surface area contributed by atoms with Crippen LogP contribution in [0, 0.1) is 5.92 Å². The highest BCUT2D eigenvalue weighted by molar-refractivity contribution is 7.18. The first-order valence-electron chi connectivity index (χ1n) is 8.75. The zero-order valence-electron chi connectivity index (χ0n) is 14.8. The molecule has 0 atom stereocenters. The van der Waals surface area contributed by atoms with E-state index in [0.29, 0.717) is 16.2 Å². The summed E-state index contributed by atoms with van der Waals surface area (Å²) in [6.45, 7) is 0. The average Bonchev–Trinajstić information content (AvgIpc) is 3.20. The molecule has 0 aromatic carbocycles. The van der Waals surface area contributed by atoms with E-state index >= 15 is 0 Å². The number of hydrogen-bond donors (Lipinski definition) is 2. The maximum Gasteiger partial charge on any atom is 0.249 e. The maximum absolute atomic E-state index is 13.1. The van der Waals surface area contributed by atoms with Crippen LogP contribution in [0.25, 0.3) is 32.5 Å². The molecule has 4 aromatic heterocycles. The fourth-order valence-corrected chi connectivity index (χ4v) is 4.68. The van der Waals surface area contributed by atoms with Crippen LogP contribution in [0.1, 0.15) is 17.7 Å². The van der Waals surface area contributed by atoms with Crippen molar-refractivity contribution in [2.24, 2.45) is 13.0 Å². The van der Waals surface area contributed by atoms with E-state index in [1.54, 1.807) is 16.9 Å². The van der Waals surface area contributed by atoms with Gasteiger partial charge in [-0.25, -0.2) is 18.7 Å². The summed E-state index contributed by atoms with van der Waals surface area (Å²) in [5.41, 5.74) is 2.15. The maximum atomic E-state index is 13.1. The number of alkyl halides is 2. The lowest BCUT2D eigenvalue weighted by molar-refractivity contribution is -0.271. The summed E-state index contributed by atoms with van der Waals surface area (Å²) in [7, 11) is 1.83. The molecule has 0 spiro atoms. The Labute approximate surface area is 162 Å². The summed E-state index contributed by atoms with van der Waals surface area (Å²) < 4.78 is 28.0. The van der Waals surface area contributed by atoms with Crippen molar-refractivity contribution in [3.05, 3.63) is 41.5 Å². The van der Waals surface area contributed by atoms with Crippen LogP contribution in [-0.2, 0) is 12.8 Å². The molecule has 1 aliphatic rings. The van der Waals surface area contributed by atoms with Crippen molar-refractivity contribution in [2.45, 2.75) is 24.6 Å². The predicted octanol–water partition coefficient (Wildman–Crippen LogP) is 3.43. The number of thiophene rings is 1. The van der Waals surface area contributed by atoms with Crippen LogP contribution in [0.2, 0.25) is 0 Å². The first-order valence-corrected chi connectivity index (χ1v) is 9.56. The average molecular weight is 402 g/mol. The zero-order chi connectivity index (χ0) is 19.7. The monoisotopic (exact) mass is 402 g/mol. The molecule has 0 amide bonds. The second-order valence-corrected chi connectivity index (χ2v) is 8.36. The minimum atomic E-state index is -2.82. The van der Waals surface area contributed by atoms with Crippen LogP contribution in [0.4, 0.5) is 8.78 Å². The lowest BCUT2D eigenvalue weighted by Gasteiger charge is -2.41. The number of aryl methyl sites for hydroxylation is 1. The van der Waals surface area contributed by atoms with Gasteiger partial charge >= 0.3 is 0 Å². The van der Waals surface area contributed by atoms with Gasteiger partial charge in [-0.15, -0.1) is 11.3 Å². The van der Waals surface area contributed by atoms with Gasteiger partial charge in [-0.1, -0.05) is 0 Å². The molecule has 9 heteroatoms. The number of aliphatic hydroxyl groups is 2. The predicted molar refractivity (Wildman–Crippen MR) is 101 cm³/mol. The van der Waals surface area contributed by atoms with Gasteiger partial charge in [-0.3, -0.25) is 4.68 Å². The van der Waals surface area contributed by atoms with Crippen LogP contribution in [0.15, 0.2) is 36.7 Å². The molecule has 0 radical (unpaired) electrons. The largest absolute Gasteiger partial charge is 0.361 e. The van der Waals surface area contributed by atoms with Crippen molar-refractivity contribution in [3.8, 4) is 11.3 Å². The Bertz CT molecular complexity index is 1210. The lowest BCUT2D eigenvalue weighted by Crippen LogP contribution is -2.48. The number of hydrogen-bond acceptors (Lipinski definition) is 6. The molecule has 1 aliphatic carbocycles. The van der Waals surface area contributed by atoms with E-state index in [1.807, 2.05) is 31.4 Å². The van der Waals surface area contributed by atoms with E-state index in [4.69, 9.17) is 0 Å². The molecule has 2 N–H and O–H groups in total. The molecule has 0 saturated heterocycles. The van der Waals surface area contributed by atoms with Crippen molar-refractivity contribution >= 4 is 32.6 Å². The molecule has 144 valence electrons. The van der Waals surface area contributed by atoms with Crippen LogP contribution >= 0.6 is 11.3 Å². The van der Waals surface area contributed by atoms with E-state index in [-0.39, 0.29) is 4.88 Å². The summed E-state index contributed by atoms with van der Waals surface area (Å²) in [6, 6.07) is 7.20. The Morgan fingerprint density at radius 2 is 2.00 bits per heavy atom. The number of aromatic nitrogens is 4. The third-order valence-corrected chi connectivity index (χ3v) is 6.33. The number of fused-ring (bicyclic) bond motifs is 2. The fraction of sp³-hybridized carbons (Fsp3) is 0.316. The third-order valence-electron chi connectivity index (χ3n) is 5.17. The van der Waals surface area contributed by atoms with Crippen molar-refractivity contribution in [1.29, 1.82) is 0 Å². The van der Waals surface area contributed by atoms with Gasteiger partial charge in [0.2, 0.25) is 11.7 Å². The summed E-state index contributed by atoms with van der Waals surface area (Å²) in [5.74, 6) is -5.97. The number of nitrogens with zero attached hydrogens (tertiary/aromatic N) is 4. The molecule has 1 saturated carbocycles.